The van der Waals surface area contributed by atoms with Gasteiger partial charge in [-0.05, 0) is 55.7 Å². The summed E-state index contributed by atoms with van der Waals surface area (Å²) in [6, 6.07) is 8.59. The highest BCUT2D eigenvalue weighted by Gasteiger charge is 2.26. The van der Waals surface area contributed by atoms with Gasteiger partial charge in [0.1, 0.15) is 21.2 Å². The number of nitrogens with one attached hydrogen (secondary N) is 1. The number of ether oxygens (including phenoxy) is 1. The summed E-state index contributed by atoms with van der Waals surface area (Å²) in [4.78, 5) is 29.8. The van der Waals surface area contributed by atoms with Gasteiger partial charge >= 0.3 is 0 Å². The Morgan fingerprint density at radius 1 is 1.15 bits per heavy atom. The van der Waals surface area contributed by atoms with Crippen LogP contribution in [0.5, 0.6) is 5.75 Å². The number of primary amides is 1. The van der Waals surface area contributed by atoms with Crippen molar-refractivity contribution >= 4 is 39.1 Å². The minimum absolute atomic E-state index is 0.0252. The van der Waals surface area contributed by atoms with Gasteiger partial charge in [0, 0.05) is 29.9 Å². The molecule has 0 aliphatic rings. The normalized spacial score (nSPS) is 11.4. The summed E-state index contributed by atoms with van der Waals surface area (Å²) in [5.41, 5.74) is 8.88. The van der Waals surface area contributed by atoms with E-state index in [2.05, 4.69) is 20.5 Å². The number of amides is 2. The molecule has 0 aliphatic heterocycles. The van der Waals surface area contributed by atoms with Crippen molar-refractivity contribution in [1.82, 2.24) is 24.5 Å². The van der Waals surface area contributed by atoms with Crippen LogP contribution in [-0.4, -0.2) is 36.4 Å². The largest absolute Gasteiger partial charge is 0.471 e. The van der Waals surface area contributed by atoms with Crippen LogP contribution >= 0.6 is 11.3 Å². The van der Waals surface area contributed by atoms with Crippen LogP contribution in [-0.2, 0) is 13.8 Å². The summed E-state index contributed by atoms with van der Waals surface area (Å²) in [6.07, 6.45) is 0.262. The molecule has 10 nitrogen and oxygen atoms in total. The molecule has 4 heterocycles. The monoisotopic (exact) mass is 565 g/mol. The molecule has 40 heavy (non-hydrogen) atoms. The third kappa shape index (κ3) is 5.02. The predicted molar refractivity (Wildman–Crippen MR) is 147 cm³/mol. The molecule has 0 saturated carbocycles. The second-order valence-corrected chi connectivity index (χ2v) is 10.2. The Bertz CT molecular complexity index is 1770. The Labute approximate surface area is 231 Å². The van der Waals surface area contributed by atoms with Gasteiger partial charge in [0.15, 0.2) is 12.4 Å². The topological polar surface area (TPSA) is 130 Å². The van der Waals surface area contributed by atoms with E-state index < -0.39 is 23.9 Å². The molecule has 2 amide bonds. The first-order valence-electron chi connectivity index (χ1n) is 12.1. The molecule has 4 aromatic heterocycles. The summed E-state index contributed by atoms with van der Waals surface area (Å²) in [5, 5.41) is 11.5. The molecule has 5 rings (SSSR count). The van der Waals surface area contributed by atoms with E-state index in [1.165, 1.54) is 23.0 Å². The van der Waals surface area contributed by atoms with Gasteiger partial charge in [-0.2, -0.15) is 10.2 Å². The number of nitrogens with zero attached hydrogens (tertiary/aromatic N) is 5. The SMILES string of the molecule is Cc1ccc(C)c(OCn2ccc(C(=O)Nc3c(C(N)=O)sc4nc(C(F)F)cc(-c5cnn(C)c5C)c34)n2)c1. The average Bonchev–Trinajstić information content (AvgIpc) is 3.62. The van der Waals surface area contributed by atoms with Gasteiger partial charge in [-0.1, -0.05) is 12.1 Å². The highest BCUT2D eigenvalue weighted by molar-refractivity contribution is 7.21. The second-order valence-electron chi connectivity index (χ2n) is 9.25. The number of fused-ring (bicyclic) bond motifs is 1. The number of rotatable bonds is 8. The summed E-state index contributed by atoms with van der Waals surface area (Å²) in [6.45, 7) is 5.74. The van der Waals surface area contributed by atoms with E-state index in [1.54, 1.807) is 24.9 Å². The molecule has 0 aliphatic carbocycles. The van der Waals surface area contributed by atoms with Crippen molar-refractivity contribution < 1.29 is 23.1 Å². The van der Waals surface area contributed by atoms with Gasteiger partial charge in [0.05, 0.1) is 11.9 Å². The standard InChI is InChI=1S/C27H25F2N7O3S/c1-13-5-6-14(2)20(9-13)39-12-36-8-7-18(34-36)26(38)33-22-21-16(17-11-31-35(4)15(17)3)10-19(24(28)29)32-27(21)40-23(22)25(30)37/h5-11,24H,12H2,1-4H3,(H2,30,37)(H,33,38). The van der Waals surface area contributed by atoms with Crippen LogP contribution in [0.4, 0.5) is 14.5 Å². The van der Waals surface area contributed by atoms with Crippen LogP contribution in [0.3, 0.4) is 0 Å². The van der Waals surface area contributed by atoms with E-state index in [1.807, 2.05) is 32.0 Å². The van der Waals surface area contributed by atoms with Crippen LogP contribution in [0, 0.1) is 20.8 Å². The van der Waals surface area contributed by atoms with Gasteiger partial charge in [0.2, 0.25) is 0 Å². The number of carbonyl (C=O) groups is 2. The third-order valence-corrected chi connectivity index (χ3v) is 7.56. The predicted octanol–water partition coefficient (Wildman–Crippen LogP) is 5.14. The van der Waals surface area contributed by atoms with Crippen molar-refractivity contribution in [2.75, 3.05) is 5.32 Å². The minimum Gasteiger partial charge on any atom is -0.471 e. The first-order valence-corrected chi connectivity index (χ1v) is 12.9. The van der Waals surface area contributed by atoms with Crippen molar-refractivity contribution in [3.8, 4) is 16.9 Å². The molecular weight excluding hydrogens is 540 g/mol. The fourth-order valence-corrected chi connectivity index (χ4v) is 5.24. The Morgan fingerprint density at radius 2 is 1.93 bits per heavy atom. The molecule has 0 spiro atoms. The fraction of sp³-hybridized carbons (Fsp3) is 0.222. The number of aryl methyl sites for hydroxylation is 3. The molecule has 0 saturated heterocycles. The zero-order chi connectivity index (χ0) is 28.7. The second kappa shape index (κ2) is 10.5. The number of aromatic nitrogens is 5. The number of hydrogen-bond donors (Lipinski definition) is 2. The number of pyridine rings is 1. The zero-order valence-electron chi connectivity index (χ0n) is 22.0. The van der Waals surface area contributed by atoms with E-state index >= 15 is 0 Å². The number of carbonyl (C=O) groups excluding carboxylic acids is 2. The van der Waals surface area contributed by atoms with E-state index in [0.29, 0.717) is 28.0 Å². The molecule has 0 fully saturated rings. The molecule has 1 aromatic carbocycles. The number of anilines is 1. The van der Waals surface area contributed by atoms with E-state index in [0.717, 1.165) is 22.5 Å². The Morgan fingerprint density at radius 3 is 2.60 bits per heavy atom. The quantitative estimate of drug-likeness (QED) is 0.268. The Balaban J connectivity index is 1.51. The smallest absolute Gasteiger partial charge is 0.280 e. The third-order valence-electron chi connectivity index (χ3n) is 6.46. The maximum absolute atomic E-state index is 13.7. The molecule has 13 heteroatoms. The minimum atomic E-state index is -2.85. The lowest BCUT2D eigenvalue weighted by atomic mass is 10.0. The number of hydrogen-bond acceptors (Lipinski definition) is 7. The fourth-order valence-electron chi connectivity index (χ4n) is 4.23. The lowest BCUT2D eigenvalue weighted by Gasteiger charge is -2.11. The van der Waals surface area contributed by atoms with Crippen molar-refractivity contribution in [1.29, 1.82) is 0 Å². The molecular formula is C27H25F2N7O3S. The highest BCUT2D eigenvalue weighted by atomic mass is 32.1. The number of alkyl halides is 2. The molecule has 206 valence electrons. The highest BCUT2D eigenvalue weighted by Crippen LogP contribution is 2.43. The summed E-state index contributed by atoms with van der Waals surface area (Å²) in [7, 11) is 1.72. The summed E-state index contributed by atoms with van der Waals surface area (Å²) in [5.74, 6) is -0.760. The van der Waals surface area contributed by atoms with Crippen molar-refractivity contribution in [2.24, 2.45) is 12.8 Å². The van der Waals surface area contributed by atoms with E-state index in [4.69, 9.17) is 10.5 Å². The maximum atomic E-state index is 13.7. The van der Waals surface area contributed by atoms with Crippen molar-refractivity contribution in [3.05, 3.63) is 75.8 Å². The van der Waals surface area contributed by atoms with E-state index in [-0.39, 0.29) is 27.8 Å². The molecule has 0 bridgehead atoms. The van der Waals surface area contributed by atoms with Gasteiger partial charge in [0.25, 0.3) is 18.2 Å². The van der Waals surface area contributed by atoms with Gasteiger partial charge in [-0.15, -0.1) is 11.3 Å². The van der Waals surface area contributed by atoms with Crippen LogP contribution in [0.2, 0.25) is 0 Å². The number of thiophene rings is 1. The van der Waals surface area contributed by atoms with Crippen molar-refractivity contribution in [2.45, 2.75) is 33.9 Å². The van der Waals surface area contributed by atoms with E-state index in [9.17, 15) is 18.4 Å². The Kier molecular flexibility index (Phi) is 7.06. The first kappa shape index (κ1) is 26.9. The summed E-state index contributed by atoms with van der Waals surface area (Å²) >= 11 is 0.829. The molecule has 0 unspecified atom stereocenters. The molecule has 0 radical (unpaired) electrons. The molecule has 5 aromatic rings. The molecule has 0 atom stereocenters. The Hall–Kier alpha value is -4.65. The van der Waals surface area contributed by atoms with Crippen LogP contribution in [0.1, 0.15) is 49.1 Å². The summed E-state index contributed by atoms with van der Waals surface area (Å²) < 4.78 is 36.4. The molecule has 3 N–H and O–H groups in total. The average molecular weight is 566 g/mol. The number of benzene rings is 1. The maximum Gasteiger partial charge on any atom is 0.280 e. The lowest BCUT2D eigenvalue weighted by molar-refractivity contribution is 0.100. The number of nitrogens with two attached hydrogens (primary N) is 1. The van der Waals surface area contributed by atoms with Gasteiger partial charge in [-0.3, -0.25) is 14.3 Å². The van der Waals surface area contributed by atoms with Gasteiger partial charge in [-0.25, -0.2) is 18.4 Å². The van der Waals surface area contributed by atoms with Gasteiger partial charge < -0.3 is 15.8 Å². The van der Waals surface area contributed by atoms with Crippen LogP contribution in [0.25, 0.3) is 21.3 Å². The first-order chi connectivity index (χ1) is 19.0. The number of halogens is 2. The van der Waals surface area contributed by atoms with Crippen LogP contribution < -0.4 is 15.8 Å². The van der Waals surface area contributed by atoms with Crippen molar-refractivity contribution in [3.63, 3.8) is 0 Å². The van der Waals surface area contributed by atoms with Crippen LogP contribution in [0.15, 0.2) is 42.7 Å². The lowest BCUT2D eigenvalue weighted by Crippen LogP contribution is -2.18. The zero-order valence-corrected chi connectivity index (χ0v) is 22.8.